The summed E-state index contributed by atoms with van der Waals surface area (Å²) in [5.74, 6) is 0.835. The highest BCUT2D eigenvalue weighted by atomic mass is 16.5. The number of carbonyl (C=O) groups excluding carboxylic acids is 1. The maximum atomic E-state index is 12.0. The lowest BCUT2D eigenvalue weighted by atomic mass is 10.0. The Bertz CT molecular complexity index is 633. The van der Waals surface area contributed by atoms with Gasteiger partial charge in [-0.2, -0.15) is 0 Å². The molecular weight excluding hydrogens is 292 g/mol. The second-order valence-corrected chi connectivity index (χ2v) is 6.14. The fraction of sp³-hybridized carbons (Fsp3) is 0.444. The zero-order valence-electron chi connectivity index (χ0n) is 13.1. The van der Waals surface area contributed by atoms with Crippen LogP contribution < -0.4 is 5.32 Å². The summed E-state index contributed by atoms with van der Waals surface area (Å²) in [5.41, 5.74) is 1.53. The molecule has 2 N–H and O–H groups in total. The second kappa shape index (κ2) is 7.42. The number of carbonyl (C=O) groups is 1. The molecule has 0 spiro atoms. The zero-order valence-corrected chi connectivity index (χ0v) is 13.1. The second-order valence-electron chi connectivity index (χ2n) is 6.14. The first-order valence-electron chi connectivity index (χ1n) is 8.18. The summed E-state index contributed by atoms with van der Waals surface area (Å²) >= 11 is 0. The molecule has 0 bridgehead atoms. The summed E-state index contributed by atoms with van der Waals surface area (Å²) in [6.07, 6.45) is 4.18. The van der Waals surface area contributed by atoms with Gasteiger partial charge < -0.3 is 14.9 Å². The molecule has 1 amide bonds. The van der Waals surface area contributed by atoms with E-state index in [0.717, 1.165) is 18.4 Å². The molecule has 23 heavy (non-hydrogen) atoms. The van der Waals surface area contributed by atoms with E-state index in [1.807, 2.05) is 30.3 Å². The van der Waals surface area contributed by atoms with Crippen LogP contribution in [0.4, 0.5) is 0 Å². The number of aromatic nitrogens is 1. The van der Waals surface area contributed by atoms with E-state index in [1.165, 1.54) is 12.8 Å². The molecule has 0 aliphatic heterocycles. The van der Waals surface area contributed by atoms with E-state index in [1.54, 1.807) is 6.07 Å². The van der Waals surface area contributed by atoms with Crippen molar-refractivity contribution in [2.75, 3.05) is 6.54 Å². The highest BCUT2D eigenvalue weighted by molar-refractivity contribution is 5.78. The summed E-state index contributed by atoms with van der Waals surface area (Å²) in [5, 5.41) is 16.8. The average Bonchev–Trinajstić information content (AvgIpc) is 3.25. The number of nitrogens with one attached hydrogen (secondary N) is 1. The SMILES string of the molecule is O=C(Cc1cc(-c2ccccc2)on1)NCC(O)C1CCCC1. The van der Waals surface area contributed by atoms with E-state index < -0.39 is 6.10 Å². The molecule has 0 saturated heterocycles. The van der Waals surface area contributed by atoms with Gasteiger partial charge in [0.1, 0.15) is 0 Å². The number of amides is 1. The zero-order chi connectivity index (χ0) is 16.1. The predicted molar refractivity (Wildman–Crippen MR) is 86.6 cm³/mol. The monoisotopic (exact) mass is 314 g/mol. The van der Waals surface area contributed by atoms with Crippen LogP contribution >= 0.6 is 0 Å². The minimum absolute atomic E-state index is 0.144. The fourth-order valence-corrected chi connectivity index (χ4v) is 3.09. The number of nitrogens with zero attached hydrogens (tertiary/aromatic N) is 1. The maximum Gasteiger partial charge on any atom is 0.226 e. The molecule has 1 atom stereocenters. The summed E-state index contributed by atoms with van der Waals surface area (Å²) < 4.78 is 5.28. The van der Waals surface area contributed by atoms with E-state index in [2.05, 4.69) is 10.5 Å². The number of hydrogen-bond donors (Lipinski definition) is 2. The molecule has 1 saturated carbocycles. The van der Waals surface area contributed by atoms with Crippen molar-refractivity contribution in [3.05, 3.63) is 42.1 Å². The third-order valence-corrected chi connectivity index (χ3v) is 4.41. The molecule has 3 rings (SSSR count). The van der Waals surface area contributed by atoms with Crippen LogP contribution in [-0.2, 0) is 11.2 Å². The molecule has 1 unspecified atom stereocenters. The van der Waals surface area contributed by atoms with Gasteiger partial charge in [-0.25, -0.2) is 0 Å². The van der Waals surface area contributed by atoms with Gasteiger partial charge in [0, 0.05) is 18.2 Å². The van der Waals surface area contributed by atoms with Crippen LogP contribution in [0.25, 0.3) is 11.3 Å². The summed E-state index contributed by atoms with van der Waals surface area (Å²) in [7, 11) is 0. The van der Waals surface area contributed by atoms with Crippen molar-refractivity contribution in [3.63, 3.8) is 0 Å². The third-order valence-electron chi connectivity index (χ3n) is 4.41. The van der Waals surface area contributed by atoms with Gasteiger partial charge in [0.15, 0.2) is 5.76 Å². The highest BCUT2D eigenvalue weighted by Gasteiger charge is 2.23. The summed E-state index contributed by atoms with van der Waals surface area (Å²) in [4.78, 5) is 12.0. The van der Waals surface area contributed by atoms with Crippen molar-refractivity contribution in [3.8, 4) is 11.3 Å². The molecule has 1 aliphatic rings. The molecule has 122 valence electrons. The van der Waals surface area contributed by atoms with E-state index in [0.29, 0.717) is 23.9 Å². The molecular formula is C18H22N2O3. The largest absolute Gasteiger partial charge is 0.391 e. The first kappa shape index (κ1) is 15.7. The van der Waals surface area contributed by atoms with Crippen LogP contribution in [0.15, 0.2) is 40.9 Å². The Hall–Kier alpha value is -2.14. The van der Waals surface area contributed by atoms with Crippen molar-refractivity contribution in [1.82, 2.24) is 10.5 Å². The lowest BCUT2D eigenvalue weighted by Gasteiger charge is -2.17. The van der Waals surface area contributed by atoms with Crippen molar-refractivity contribution >= 4 is 5.91 Å². The number of benzene rings is 1. The molecule has 0 radical (unpaired) electrons. The van der Waals surface area contributed by atoms with Gasteiger partial charge in [-0.3, -0.25) is 4.79 Å². The first-order valence-corrected chi connectivity index (χ1v) is 8.18. The number of hydrogen-bond acceptors (Lipinski definition) is 4. The lowest BCUT2D eigenvalue weighted by Crippen LogP contribution is -2.36. The van der Waals surface area contributed by atoms with E-state index in [4.69, 9.17) is 4.52 Å². The van der Waals surface area contributed by atoms with Gasteiger partial charge in [0.05, 0.1) is 18.2 Å². The summed E-state index contributed by atoms with van der Waals surface area (Å²) in [6.45, 7) is 0.312. The molecule has 1 heterocycles. The average molecular weight is 314 g/mol. The van der Waals surface area contributed by atoms with Crippen LogP contribution in [0.2, 0.25) is 0 Å². The Labute approximate surface area is 135 Å². The third kappa shape index (κ3) is 4.20. The molecule has 5 nitrogen and oxygen atoms in total. The van der Waals surface area contributed by atoms with Gasteiger partial charge in [0.25, 0.3) is 0 Å². The first-order chi connectivity index (χ1) is 11.2. The number of rotatable bonds is 6. The van der Waals surface area contributed by atoms with Gasteiger partial charge in [-0.15, -0.1) is 0 Å². The molecule has 1 fully saturated rings. The van der Waals surface area contributed by atoms with Crippen molar-refractivity contribution in [2.45, 2.75) is 38.2 Å². The fourth-order valence-electron chi connectivity index (χ4n) is 3.09. The van der Waals surface area contributed by atoms with Crippen molar-refractivity contribution < 1.29 is 14.4 Å². The van der Waals surface area contributed by atoms with Crippen molar-refractivity contribution in [1.29, 1.82) is 0 Å². The van der Waals surface area contributed by atoms with E-state index in [9.17, 15) is 9.90 Å². The van der Waals surface area contributed by atoms with Crippen LogP contribution in [0.3, 0.4) is 0 Å². The Morgan fingerprint density at radius 1 is 1.30 bits per heavy atom. The molecule has 1 aromatic carbocycles. The highest BCUT2D eigenvalue weighted by Crippen LogP contribution is 2.27. The Morgan fingerprint density at radius 3 is 2.78 bits per heavy atom. The van der Waals surface area contributed by atoms with E-state index in [-0.39, 0.29) is 12.3 Å². The van der Waals surface area contributed by atoms with Crippen LogP contribution in [0, 0.1) is 5.92 Å². The number of aliphatic hydroxyl groups excluding tert-OH is 1. The Morgan fingerprint density at radius 2 is 2.04 bits per heavy atom. The smallest absolute Gasteiger partial charge is 0.226 e. The van der Waals surface area contributed by atoms with Crippen LogP contribution in [0.1, 0.15) is 31.4 Å². The van der Waals surface area contributed by atoms with Gasteiger partial charge in [0.2, 0.25) is 5.91 Å². The van der Waals surface area contributed by atoms with Crippen LogP contribution in [-0.4, -0.2) is 28.8 Å². The number of aliphatic hydroxyl groups is 1. The maximum absolute atomic E-state index is 12.0. The summed E-state index contributed by atoms with van der Waals surface area (Å²) in [6, 6.07) is 11.4. The standard InChI is InChI=1S/C18H22N2O3/c21-16(13-6-4-5-7-13)12-19-18(22)11-15-10-17(23-20-15)14-8-2-1-3-9-14/h1-3,8-10,13,16,21H,4-7,11-12H2,(H,19,22). The van der Waals surface area contributed by atoms with Gasteiger partial charge in [-0.05, 0) is 18.8 Å². The van der Waals surface area contributed by atoms with Gasteiger partial charge >= 0.3 is 0 Å². The van der Waals surface area contributed by atoms with Crippen LogP contribution in [0.5, 0.6) is 0 Å². The van der Waals surface area contributed by atoms with Crippen molar-refractivity contribution in [2.24, 2.45) is 5.92 Å². The molecule has 5 heteroatoms. The van der Waals surface area contributed by atoms with Gasteiger partial charge in [-0.1, -0.05) is 48.3 Å². The normalized spacial score (nSPS) is 16.4. The van der Waals surface area contributed by atoms with E-state index >= 15 is 0 Å². The Balaban J connectivity index is 1.49. The Kier molecular flexibility index (Phi) is 5.08. The lowest BCUT2D eigenvalue weighted by molar-refractivity contribution is -0.121. The topological polar surface area (TPSA) is 75.4 Å². The molecule has 1 aromatic heterocycles. The minimum Gasteiger partial charge on any atom is -0.391 e. The molecule has 1 aliphatic carbocycles. The predicted octanol–water partition coefficient (Wildman–Crippen LogP) is 2.55. The molecule has 2 aromatic rings. The minimum atomic E-state index is -0.446. The quantitative estimate of drug-likeness (QED) is 0.859.